The van der Waals surface area contributed by atoms with E-state index in [-0.39, 0.29) is 0 Å². The second-order valence-corrected chi connectivity index (χ2v) is 4.51. The summed E-state index contributed by atoms with van der Waals surface area (Å²) in [4.78, 5) is 4.01. The Balaban J connectivity index is 2.19. The molecule has 3 rings (SSSR count). The Morgan fingerprint density at radius 3 is 2.75 bits per heavy atom. The van der Waals surface area contributed by atoms with Gasteiger partial charge in [0.05, 0.1) is 12.8 Å². The van der Waals surface area contributed by atoms with Crippen LogP contribution in [-0.2, 0) is 0 Å². The van der Waals surface area contributed by atoms with E-state index in [0.717, 1.165) is 22.8 Å². The molecule has 1 N–H and O–H groups in total. The van der Waals surface area contributed by atoms with Crippen molar-refractivity contribution in [3.05, 3.63) is 53.6 Å². The number of benzene rings is 1. The van der Waals surface area contributed by atoms with Crippen LogP contribution in [0.4, 0.5) is 0 Å². The molecule has 0 aliphatic heterocycles. The van der Waals surface area contributed by atoms with E-state index in [1.54, 1.807) is 19.5 Å². The van der Waals surface area contributed by atoms with Crippen molar-refractivity contribution in [2.75, 3.05) is 7.11 Å². The number of methoxy groups -OCH3 is 1. The van der Waals surface area contributed by atoms with Gasteiger partial charge in [0.2, 0.25) is 0 Å². The van der Waals surface area contributed by atoms with E-state index in [0.29, 0.717) is 4.77 Å². The van der Waals surface area contributed by atoms with Crippen LogP contribution in [0.1, 0.15) is 0 Å². The lowest BCUT2D eigenvalue weighted by atomic mass is 10.2. The summed E-state index contributed by atoms with van der Waals surface area (Å²) in [6, 6.07) is 11.5. The number of nitrogens with one attached hydrogen (secondary N) is 1. The fourth-order valence-corrected chi connectivity index (χ4v) is 2.22. The lowest BCUT2D eigenvalue weighted by molar-refractivity contribution is 0.414. The molecule has 0 fully saturated rings. The molecule has 0 bridgehead atoms. The van der Waals surface area contributed by atoms with Crippen molar-refractivity contribution in [3.63, 3.8) is 0 Å². The SMILES string of the molecule is COc1cccc(-n2c(-c3ccncc3)n[nH]c2=S)c1. The molecular weight excluding hydrogens is 272 g/mol. The zero-order valence-electron chi connectivity index (χ0n) is 10.8. The summed E-state index contributed by atoms with van der Waals surface area (Å²) < 4.78 is 7.65. The van der Waals surface area contributed by atoms with E-state index < -0.39 is 0 Å². The molecule has 0 radical (unpaired) electrons. The molecule has 2 heterocycles. The van der Waals surface area contributed by atoms with Crippen molar-refractivity contribution in [1.29, 1.82) is 0 Å². The van der Waals surface area contributed by atoms with Gasteiger partial charge in [0, 0.05) is 24.0 Å². The first-order chi connectivity index (χ1) is 9.79. The van der Waals surface area contributed by atoms with Crippen LogP contribution < -0.4 is 4.74 Å². The third kappa shape index (κ3) is 2.21. The third-order valence-corrected chi connectivity index (χ3v) is 3.20. The van der Waals surface area contributed by atoms with Crippen molar-refractivity contribution >= 4 is 12.2 Å². The lowest BCUT2D eigenvalue weighted by Crippen LogP contribution is -1.98. The zero-order valence-corrected chi connectivity index (χ0v) is 11.6. The van der Waals surface area contributed by atoms with Gasteiger partial charge in [-0.3, -0.25) is 14.6 Å². The van der Waals surface area contributed by atoms with Crippen LogP contribution in [0.3, 0.4) is 0 Å². The van der Waals surface area contributed by atoms with Gasteiger partial charge in [-0.15, -0.1) is 0 Å². The summed E-state index contributed by atoms with van der Waals surface area (Å²) in [5.74, 6) is 1.51. The van der Waals surface area contributed by atoms with Crippen molar-refractivity contribution in [3.8, 4) is 22.8 Å². The summed E-state index contributed by atoms with van der Waals surface area (Å²) in [5.41, 5.74) is 1.84. The van der Waals surface area contributed by atoms with E-state index in [4.69, 9.17) is 17.0 Å². The van der Waals surface area contributed by atoms with Crippen LogP contribution in [0.2, 0.25) is 0 Å². The first-order valence-corrected chi connectivity index (χ1v) is 6.42. The number of aromatic nitrogens is 4. The second kappa shape index (κ2) is 5.26. The van der Waals surface area contributed by atoms with Crippen molar-refractivity contribution < 1.29 is 4.74 Å². The van der Waals surface area contributed by atoms with Gasteiger partial charge in [0.15, 0.2) is 10.6 Å². The molecule has 0 saturated carbocycles. The highest BCUT2D eigenvalue weighted by Gasteiger charge is 2.10. The summed E-state index contributed by atoms with van der Waals surface area (Å²) in [5, 5.41) is 7.12. The van der Waals surface area contributed by atoms with Gasteiger partial charge in [0.1, 0.15) is 5.75 Å². The first kappa shape index (κ1) is 12.6. The Hall–Kier alpha value is -2.47. The molecule has 0 atom stereocenters. The maximum absolute atomic E-state index is 5.32. The van der Waals surface area contributed by atoms with Crippen LogP contribution in [-0.4, -0.2) is 26.9 Å². The minimum atomic E-state index is 0.532. The summed E-state index contributed by atoms with van der Waals surface area (Å²) in [6.45, 7) is 0. The van der Waals surface area contributed by atoms with Crippen LogP contribution in [0, 0.1) is 4.77 Å². The van der Waals surface area contributed by atoms with Crippen molar-refractivity contribution in [2.24, 2.45) is 0 Å². The molecule has 0 aliphatic rings. The molecule has 6 heteroatoms. The number of ether oxygens (including phenoxy) is 1. The van der Waals surface area contributed by atoms with Crippen molar-refractivity contribution in [2.45, 2.75) is 0 Å². The van der Waals surface area contributed by atoms with Gasteiger partial charge in [0.25, 0.3) is 0 Å². The molecule has 0 saturated heterocycles. The highest BCUT2D eigenvalue weighted by Crippen LogP contribution is 2.23. The van der Waals surface area contributed by atoms with Crippen LogP contribution in [0.15, 0.2) is 48.8 Å². The van der Waals surface area contributed by atoms with E-state index in [9.17, 15) is 0 Å². The Kier molecular flexibility index (Phi) is 3.30. The summed E-state index contributed by atoms with van der Waals surface area (Å²) in [7, 11) is 1.64. The number of pyridine rings is 1. The summed E-state index contributed by atoms with van der Waals surface area (Å²) >= 11 is 5.32. The third-order valence-electron chi connectivity index (χ3n) is 2.92. The van der Waals surface area contributed by atoms with Gasteiger partial charge >= 0.3 is 0 Å². The van der Waals surface area contributed by atoms with Gasteiger partial charge in [-0.2, -0.15) is 5.10 Å². The average molecular weight is 284 g/mol. The molecule has 3 aromatic rings. The molecule has 0 aliphatic carbocycles. The van der Waals surface area contributed by atoms with Crippen LogP contribution >= 0.6 is 12.2 Å². The molecule has 5 nitrogen and oxygen atoms in total. The molecule has 100 valence electrons. The van der Waals surface area contributed by atoms with Gasteiger partial charge < -0.3 is 4.74 Å². The largest absolute Gasteiger partial charge is 0.497 e. The predicted molar refractivity (Wildman–Crippen MR) is 78.5 cm³/mol. The Labute approximate surface area is 120 Å². The highest BCUT2D eigenvalue weighted by atomic mass is 32.1. The fourth-order valence-electron chi connectivity index (χ4n) is 1.98. The number of hydrogen-bond donors (Lipinski definition) is 1. The fraction of sp³-hybridized carbons (Fsp3) is 0.0714. The molecule has 2 aromatic heterocycles. The van der Waals surface area contributed by atoms with Gasteiger partial charge in [-0.1, -0.05) is 6.07 Å². The minimum Gasteiger partial charge on any atom is -0.497 e. The monoisotopic (exact) mass is 284 g/mol. The Bertz CT molecular complexity index is 779. The maximum atomic E-state index is 5.32. The van der Waals surface area contributed by atoms with Crippen molar-refractivity contribution in [1.82, 2.24) is 19.7 Å². The quantitative estimate of drug-likeness (QED) is 0.751. The summed E-state index contributed by atoms with van der Waals surface area (Å²) in [6.07, 6.45) is 3.45. The molecule has 0 amide bonds. The van der Waals surface area contributed by atoms with E-state index in [1.165, 1.54) is 0 Å². The number of H-pyrrole nitrogens is 1. The van der Waals surface area contributed by atoms with Crippen LogP contribution in [0.5, 0.6) is 5.75 Å². The normalized spacial score (nSPS) is 10.4. The molecule has 0 spiro atoms. The number of hydrogen-bond acceptors (Lipinski definition) is 4. The highest BCUT2D eigenvalue weighted by molar-refractivity contribution is 7.71. The van der Waals surface area contributed by atoms with E-state index >= 15 is 0 Å². The zero-order chi connectivity index (χ0) is 13.9. The molecule has 1 aromatic carbocycles. The van der Waals surface area contributed by atoms with E-state index in [1.807, 2.05) is 41.0 Å². The number of aromatic amines is 1. The van der Waals surface area contributed by atoms with E-state index in [2.05, 4.69) is 15.2 Å². The predicted octanol–water partition coefficient (Wildman–Crippen LogP) is 3.00. The average Bonchev–Trinajstić information content (AvgIpc) is 2.90. The lowest BCUT2D eigenvalue weighted by Gasteiger charge is -2.08. The topological polar surface area (TPSA) is 55.7 Å². The number of nitrogens with zero attached hydrogens (tertiary/aromatic N) is 3. The van der Waals surface area contributed by atoms with Gasteiger partial charge in [-0.05, 0) is 36.5 Å². The molecule has 0 unspecified atom stereocenters. The minimum absolute atomic E-state index is 0.532. The first-order valence-electron chi connectivity index (χ1n) is 6.02. The molecule has 20 heavy (non-hydrogen) atoms. The smallest absolute Gasteiger partial charge is 0.200 e. The maximum Gasteiger partial charge on any atom is 0.200 e. The van der Waals surface area contributed by atoms with Gasteiger partial charge in [-0.25, -0.2) is 0 Å². The number of rotatable bonds is 3. The molecular formula is C14H12N4OS. The standard InChI is InChI=1S/C14H12N4OS/c1-19-12-4-2-3-11(9-12)18-13(16-17-14(18)20)10-5-7-15-8-6-10/h2-9H,1H3,(H,17,20). The van der Waals surface area contributed by atoms with Crippen LogP contribution in [0.25, 0.3) is 17.1 Å². The Morgan fingerprint density at radius 1 is 1.20 bits per heavy atom. The second-order valence-electron chi connectivity index (χ2n) is 4.13. The Morgan fingerprint density at radius 2 is 2.00 bits per heavy atom.